The highest BCUT2D eigenvalue weighted by molar-refractivity contribution is 4.79. The highest BCUT2D eigenvalue weighted by Gasteiger charge is 2.28. The Labute approximate surface area is 239 Å². The van der Waals surface area contributed by atoms with Crippen LogP contribution in [0, 0.1) is 45.3 Å². The minimum Gasteiger partial charge on any atom is -0.381 e. The molecule has 2 aliphatic carbocycles. The lowest BCUT2D eigenvalue weighted by Gasteiger charge is -2.33. The minimum atomic E-state index is 0.434. The van der Waals surface area contributed by atoms with Gasteiger partial charge in [-0.1, -0.05) is 95.9 Å². The molecule has 1 atom stereocenters. The molecule has 0 aromatic carbocycles. The molecule has 0 amide bonds. The summed E-state index contributed by atoms with van der Waals surface area (Å²) >= 11 is 0. The van der Waals surface area contributed by atoms with Gasteiger partial charge in [0.25, 0.3) is 0 Å². The lowest BCUT2D eigenvalue weighted by atomic mass is 9.76. The summed E-state index contributed by atoms with van der Waals surface area (Å²) in [7, 11) is 0. The number of rotatable bonds is 5. The molecule has 4 rings (SSSR count). The van der Waals surface area contributed by atoms with Gasteiger partial charge in [-0.15, -0.1) is 0 Å². The van der Waals surface area contributed by atoms with E-state index in [-0.39, 0.29) is 0 Å². The van der Waals surface area contributed by atoms with Crippen LogP contribution >= 0.6 is 0 Å². The van der Waals surface area contributed by atoms with Gasteiger partial charge in [-0.2, -0.15) is 0 Å². The molecule has 0 radical (unpaired) electrons. The van der Waals surface area contributed by atoms with Gasteiger partial charge < -0.3 is 14.2 Å². The molecule has 38 heavy (non-hydrogen) atoms. The zero-order chi connectivity index (χ0) is 29.0. The van der Waals surface area contributed by atoms with E-state index in [1.54, 1.807) is 0 Å². The molecular weight excluding hydrogens is 468 g/mol. The van der Waals surface area contributed by atoms with Crippen molar-refractivity contribution in [1.82, 2.24) is 0 Å². The van der Waals surface area contributed by atoms with Crippen molar-refractivity contribution in [3.8, 4) is 0 Å². The first-order valence-corrected chi connectivity index (χ1v) is 16.1. The zero-order valence-electron chi connectivity index (χ0n) is 28.1. The quantitative estimate of drug-likeness (QED) is 0.326. The lowest BCUT2D eigenvalue weighted by Crippen LogP contribution is -2.27. The molecule has 1 unspecified atom stereocenters. The predicted molar refractivity (Wildman–Crippen MR) is 166 cm³/mol. The Morgan fingerprint density at radius 3 is 1.32 bits per heavy atom. The summed E-state index contributed by atoms with van der Waals surface area (Å²) in [4.78, 5) is 0. The van der Waals surface area contributed by atoms with E-state index in [1.165, 1.54) is 57.8 Å². The molecule has 2 aliphatic heterocycles. The SMILES string of the molecule is CC(C)(C)C1CCOC1.CC(C)(C)C1CCOCC1.CC(C)(C)CC1CC1.CC(C)(C)CCOCC1CC1. The summed E-state index contributed by atoms with van der Waals surface area (Å²) in [6, 6.07) is 0. The Morgan fingerprint density at radius 2 is 1.03 bits per heavy atom. The van der Waals surface area contributed by atoms with Gasteiger partial charge >= 0.3 is 0 Å². The van der Waals surface area contributed by atoms with Crippen LogP contribution in [0.1, 0.15) is 141 Å². The third-order valence-electron chi connectivity index (χ3n) is 8.25. The molecule has 4 fully saturated rings. The molecule has 3 nitrogen and oxygen atoms in total. The van der Waals surface area contributed by atoms with Crippen molar-refractivity contribution in [2.24, 2.45) is 45.3 Å². The summed E-state index contributed by atoms with van der Waals surface area (Å²) < 4.78 is 16.1. The monoisotopic (exact) mass is 539 g/mol. The van der Waals surface area contributed by atoms with Crippen LogP contribution < -0.4 is 0 Å². The fourth-order valence-electron chi connectivity index (χ4n) is 4.88. The van der Waals surface area contributed by atoms with Crippen LogP contribution in [0.15, 0.2) is 0 Å². The number of ether oxygens (including phenoxy) is 3. The Balaban J connectivity index is 0.000000255. The van der Waals surface area contributed by atoms with Crippen molar-refractivity contribution in [3.63, 3.8) is 0 Å². The first-order chi connectivity index (χ1) is 17.4. The van der Waals surface area contributed by atoms with Crippen LogP contribution in [0.5, 0.6) is 0 Å². The molecule has 0 N–H and O–H groups in total. The molecule has 0 aromatic rings. The second kappa shape index (κ2) is 16.4. The average molecular weight is 539 g/mol. The molecule has 228 valence electrons. The second-order valence-electron chi connectivity index (χ2n) is 17.2. The van der Waals surface area contributed by atoms with Crippen LogP contribution in [0.25, 0.3) is 0 Å². The zero-order valence-corrected chi connectivity index (χ0v) is 28.1. The van der Waals surface area contributed by atoms with E-state index in [0.29, 0.717) is 21.7 Å². The van der Waals surface area contributed by atoms with Gasteiger partial charge in [0.2, 0.25) is 0 Å². The van der Waals surface area contributed by atoms with Crippen LogP contribution in [0.3, 0.4) is 0 Å². The fraction of sp³-hybridized carbons (Fsp3) is 1.00. The van der Waals surface area contributed by atoms with Crippen LogP contribution in [-0.2, 0) is 14.2 Å². The topological polar surface area (TPSA) is 27.7 Å². The summed E-state index contributed by atoms with van der Waals surface area (Å²) in [6.45, 7) is 33.4. The highest BCUT2D eigenvalue weighted by atomic mass is 16.5. The summed E-state index contributed by atoms with van der Waals surface area (Å²) in [5.41, 5.74) is 1.96. The van der Waals surface area contributed by atoms with Crippen molar-refractivity contribution in [1.29, 1.82) is 0 Å². The summed E-state index contributed by atoms with van der Waals surface area (Å²) in [6.07, 6.45) is 12.2. The van der Waals surface area contributed by atoms with E-state index in [0.717, 1.165) is 63.3 Å². The largest absolute Gasteiger partial charge is 0.381 e. The Kier molecular flexibility index (Phi) is 15.5. The Morgan fingerprint density at radius 1 is 0.553 bits per heavy atom. The normalized spacial score (nSPS) is 22.9. The lowest BCUT2D eigenvalue weighted by molar-refractivity contribution is 0.0286. The molecule has 2 saturated carbocycles. The number of hydrogen-bond donors (Lipinski definition) is 0. The Bertz CT molecular complexity index is 579. The van der Waals surface area contributed by atoms with Gasteiger partial charge in [-0.25, -0.2) is 0 Å². The van der Waals surface area contributed by atoms with E-state index in [2.05, 4.69) is 83.1 Å². The van der Waals surface area contributed by atoms with Gasteiger partial charge in [0.15, 0.2) is 0 Å². The average Bonchev–Trinajstić information content (AvgIpc) is 3.70. The van der Waals surface area contributed by atoms with Crippen molar-refractivity contribution < 1.29 is 14.2 Å². The molecule has 0 bridgehead atoms. The third kappa shape index (κ3) is 20.7. The van der Waals surface area contributed by atoms with Crippen LogP contribution in [0.4, 0.5) is 0 Å². The van der Waals surface area contributed by atoms with Crippen molar-refractivity contribution in [2.45, 2.75) is 141 Å². The molecule has 4 aliphatic rings. The maximum atomic E-state index is 5.53. The minimum absolute atomic E-state index is 0.434. The first-order valence-electron chi connectivity index (χ1n) is 16.1. The molecule has 3 heteroatoms. The van der Waals surface area contributed by atoms with Gasteiger partial charge in [-0.05, 0) is 90.3 Å². The fourth-order valence-corrected chi connectivity index (χ4v) is 4.88. The van der Waals surface area contributed by atoms with Crippen LogP contribution in [-0.4, -0.2) is 39.6 Å². The van der Waals surface area contributed by atoms with Crippen molar-refractivity contribution >= 4 is 0 Å². The van der Waals surface area contributed by atoms with E-state index in [9.17, 15) is 0 Å². The second-order valence-corrected chi connectivity index (χ2v) is 17.2. The Hall–Kier alpha value is -0.120. The van der Waals surface area contributed by atoms with Crippen molar-refractivity contribution in [3.05, 3.63) is 0 Å². The molecule has 2 heterocycles. The summed E-state index contributed by atoms with van der Waals surface area (Å²) in [5, 5.41) is 0. The molecular formula is C35H70O3. The molecule has 0 spiro atoms. The van der Waals surface area contributed by atoms with Crippen LogP contribution in [0.2, 0.25) is 0 Å². The van der Waals surface area contributed by atoms with E-state index in [1.807, 2.05) is 0 Å². The number of hydrogen-bond acceptors (Lipinski definition) is 3. The van der Waals surface area contributed by atoms with E-state index >= 15 is 0 Å². The maximum Gasteiger partial charge on any atom is 0.0500 e. The predicted octanol–water partition coefficient (Wildman–Crippen LogP) is 10.2. The smallest absolute Gasteiger partial charge is 0.0500 e. The van der Waals surface area contributed by atoms with Gasteiger partial charge in [0.1, 0.15) is 0 Å². The third-order valence-corrected chi connectivity index (χ3v) is 8.25. The molecule has 2 saturated heterocycles. The highest BCUT2D eigenvalue weighted by Crippen LogP contribution is 2.39. The van der Waals surface area contributed by atoms with Crippen molar-refractivity contribution in [2.75, 3.05) is 39.6 Å². The van der Waals surface area contributed by atoms with Gasteiger partial charge in [-0.3, -0.25) is 0 Å². The summed E-state index contributed by atoms with van der Waals surface area (Å²) in [5.74, 6) is 3.67. The maximum absolute atomic E-state index is 5.53. The van der Waals surface area contributed by atoms with E-state index in [4.69, 9.17) is 14.2 Å². The van der Waals surface area contributed by atoms with Gasteiger partial charge in [0.05, 0.1) is 0 Å². The first kappa shape index (κ1) is 35.9. The van der Waals surface area contributed by atoms with E-state index < -0.39 is 0 Å². The molecule has 0 aromatic heterocycles. The standard InChI is InChI=1S/C10H20O.C9H18O.C8H16O.C8H16/c1-10(2,3)6-7-11-8-9-4-5-9;1-9(2,3)8-4-6-10-7-5-8;1-8(2,3)7-4-5-9-6-7;1-8(2,3)6-7-4-5-7/h9H,4-8H2,1-3H3;8H,4-7H2,1-3H3;7H,4-6H2,1-3H3;7H,4-6H2,1-3H3. The van der Waals surface area contributed by atoms with Gasteiger partial charge in [0, 0.05) is 39.6 Å².